The SMILES string of the molecule is NC(=O)c1ccc2[nH]c(CN3CCCC(c4ccccc4)C3)cc(=O)c2c1. The van der Waals surface area contributed by atoms with Gasteiger partial charge in [0.05, 0.1) is 0 Å². The number of hydrogen-bond acceptors (Lipinski definition) is 3. The van der Waals surface area contributed by atoms with Crippen LogP contribution in [0.3, 0.4) is 0 Å². The molecule has 1 unspecified atom stereocenters. The van der Waals surface area contributed by atoms with E-state index in [1.165, 1.54) is 12.0 Å². The lowest BCUT2D eigenvalue weighted by molar-refractivity contribution is 0.100. The van der Waals surface area contributed by atoms with E-state index < -0.39 is 5.91 Å². The summed E-state index contributed by atoms with van der Waals surface area (Å²) < 4.78 is 0. The molecule has 3 N–H and O–H groups in total. The van der Waals surface area contributed by atoms with Crippen molar-refractivity contribution >= 4 is 16.8 Å². The van der Waals surface area contributed by atoms with Crippen LogP contribution in [0.25, 0.3) is 10.9 Å². The lowest BCUT2D eigenvalue weighted by atomic mass is 9.90. The summed E-state index contributed by atoms with van der Waals surface area (Å²) in [6.07, 6.45) is 2.35. The quantitative estimate of drug-likeness (QED) is 0.750. The van der Waals surface area contributed by atoms with Gasteiger partial charge in [0.1, 0.15) is 0 Å². The average molecular weight is 361 g/mol. The molecule has 1 saturated heterocycles. The summed E-state index contributed by atoms with van der Waals surface area (Å²) in [5.41, 5.74) is 8.59. The van der Waals surface area contributed by atoms with Gasteiger partial charge in [-0.15, -0.1) is 0 Å². The number of nitrogens with one attached hydrogen (secondary N) is 1. The first-order chi connectivity index (χ1) is 13.1. The molecule has 1 aliphatic heterocycles. The van der Waals surface area contributed by atoms with Gasteiger partial charge in [0, 0.05) is 41.3 Å². The number of rotatable bonds is 4. The second-order valence-corrected chi connectivity index (χ2v) is 7.27. The number of fused-ring (bicyclic) bond motifs is 1. The second kappa shape index (κ2) is 7.37. The summed E-state index contributed by atoms with van der Waals surface area (Å²) in [4.78, 5) is 29.6. The summed E-state index contributed by atoms with van der Waals surface area (Å²) in [5.74, 6) is 0.00546. The second-order valence-electron chi connectivity index (χ2n) is 7.27. The number of nitrogens with zero attached hydrogens (tertiary/aromatic N) is 1. The third-order valence-electron chi connectivity index (χ3n) is 5.34. The number of nitrogens with two attached hydrogens (primary N) is 1. The number of pyridine rings is 1. The van der Waals surface area contributed by atoms with Crippen LogP contribution in [-0.4, -0.2) is 28.9 Å². The number of likely N-dealkylation sites (tertiary alicyclic amines) is 1. The number of amides is 1. The average Bonchev–Trinajstić information content (AvgIpc) is 2.68. The number of hydrogen-bond donors (Lipinski definition) is 2. The number of piperidine rings is 1. The van der Waals surface area contributed by atoms with Crippen LogP contribution in [0.15, 0.2) is 59.4 Å². The molecule has 0 radical (unpaired) electrons. The van der Waals surface area contributed by atoms with Gasteiger partial charge in [-0.05, 0) is 49.1 Å². The summed E-state index contributed by atoms with van der Waals surface area (Å²) in [7, 11) is 0. The van der Waals surface area contributed by atoms with Crippen molar-refractivity contribution in [1.29, 1.82) is 0 Å². The van der Waals surface area contributed by atoms with Crippen molar-refractivity contribution < 1.29 is 4.79 Å². The zero-order valence-corrected chi connectivity index (χ0v) is 15.2. The van der Waals surface area contributed by atoms with Gasteiger partial charge in [0.2, 0.25) is 5.91 Å². The molecule has 4 rings (SSSR count). The number of benzene rings is 2. The fraction of sp³-hybridized carbons (Fsp3) is 0.273. The zero-order chi connectivity index (χ0) is 18.8. The molecule has 0 bridgehead atoms. The van der Waals surface area contributed by atoms with Gasteiger partial charge in [-0.25, -0.2) is 0 Å². The Kier molecular flexibility index (Phi) is 4.77. The highest BCUT2D eigenvalue weighted by atomic mass is 16.1. The van der Waals surface area contributed by atoms with Gasteiger partial charge in [-0.1, -0.05) is 30.3 Å². The number of primary amides is 1. The van der Waals surface area contributed by atoms with Gasteiger partial charge in [-0.2, -0.15) is 0 Å². The Morgan fingerprint density at radius 2 is 1.96 bits per heavy atom. The number of carbonyl (C=O) groups is 1. The van der Waals surface area contributed by atoms with E-state index in [0.717, 1.165) is 30.7 Å². The number of aromatic amines is 1. The third-order valence-corrected chi connectivity index (χ3v) is 5.34. The number of H-pyrrole nitrogens is 1. The number of aromatic nitrogens is 1. The van der Waals surface area contributed by atoms with Gasteiger partial charge in [0.15, 0.2) is 5.43 Å². The van der Waals surface area contributed by atoms with Crippen molar-refractivity contribution in [2.24, 2.45) is 5.73 Å². The van der Waals surface area contributed by atoms with Crippen LogP contribution in [-0.2, 0) is 6.54 Å². The Bertz CT molecular complexity index is 1030. The van der Waals surface area contributed by atoms with Crippen molar-refractivity contribution in [1.82, 2.24) is 9.88 Å². The minimum absolute atomic E-state index is 0.0848. The van der Waals surface area contributed by atoms with Gasteiger partial charge >= 0.3 is 0 Å². The zero-order valence-electron chi connectivity index (χ0n) is 15.2. The predicted molar refractivity (Wildman–Crippen MR) is 107 cm³/mol. The van der Waals surface area contributed by atoms with E-state index in [1.807, 2.05) is 6.07 Å². The topological polar surface area (TPSA) is 79.2 Å². The van der Waals surface area contributed by atoms with Crippen LogP contribution >= 0.6 is 0 Å². The third kappa shape index (κ3) is 3.78. The molecule has 1 aliphatic rings. The molecule has 27 heavy (non-hydrogen) atoms. The van der Waals surface area contributed by atoms with Crippen LogP contribution < -0.4 is 11.2 Å². The van der Waals surface area contributed by atoms with E-state index in [0.29, 0.717) is 23.4 Å². The predicted octanol–water partition coefficient (Wildman–Crippen LogP) is 3.01. The molecule has 138 valence electrons. The standard InChI is InChI=1S/C22H23N3O2/c23-22(27)16-8-9-20-19(11-16)21(26)12-18(24-20)14-25-10-4-7-17(13-25)15-5-2-1-3-6-15/h1-3,5-6,8-9,11-12,17H,4,7,10,13-14H2,(H2,23,27)(H,24,26). The summed E-state index contributed by atoms with van der Waals surface area (Å²) in [6, 6.07) is 17.2. The van der Waals surface area contributed by atoms with E-state index in [2.05, 4.69) is 34.1 Å². The first-order valence-electron chi connectivity index (χ1n) is 9.33. The molecule has 3 aromatic rings. The van der Waals surface area contributed by atoms with Crippen molar-refractivity contribution in [2.45, 2.75) is 25.3 Å². The van der Waals surface area contributed by atoms with E-state index in [1.54, 1.807) is 24.3 Å². The summed E-state index contributed by atoms with van der Waals surface area (Å²) in [5, 5.41) is 0.496. The molecule has 0 saturated carbocycles. The van der Waals surface area contributed by atoms with Gasteiger partial charge in [0.25, 0.3) is 0 Å². The Hall–Kier alpha value is -2.92. The molecule has 5 heteroatoms. The molecule has 1 amide bonds. The molecular weight excluding hydrogens is 338 g/mol. The summed E-state index contributed by atoms with van der Waals surface area (Å²) >= 11 is 0. The highest BCUT2D eigenvalue weighted by Gasteiger charge is 2.21. The molecular formula is C22H23N3O2. The maximum atomic E-state index is 12.5. The highest BCUT2D eigenvalue weighted by molar-refractivity contribution is 5.96. The molecule has 0 aliphatic carbocycles. The van der Waals surface area contributed by atoms with Gasteiger partial charge < -0.3 is 10.7 Å². The van der Waals surface area contributed by atoms with E-state index in [-0.39, 0.29) is 5.43 Å². The Morgan fingerprint density at radius 1 is 1.15 bits per heavy atom. The molecule has 2 heterocycles. The molecule has 0 spiro atoms. The monoisotopic (exact) mass is 361 g/mol. The maximum absolute atomic E-state index is 12.5. The first-order valence-corrected chi connectivity index (χ1v) is 9.33. The maximum Gasteiger partial charge on any atom is 0.248 e. The molecule has 1 aromatic heterocycles. The lowest BCUT2D eigenvalue weighted by Gasteiger charge is -2.33. The van der Waals surface area contributed by atoms with E-state index >= 15 is 0 Å². The number of carbonyl (C=O) groups excluding carboxylic acids is 1. The van der Waals surface area contributed by atoms with Crippen LogP contribution in [0.1, 0.15) is 40.4 Å². The highest BCUT2D eigenvalue weighted by Crippen LogP contribution is 2.27. The smallest absolute Gasteiger partial charge is 0.248 e. The molecule has 1 atom stereocenters. The van der Waals surface area contributed by atoms with Gasteiger partial charge in [-0.3, -0.25) is 14.5 Å². The van der Waals surface area contributed by atoms with Crippen molar-refractivity contribution in [2.75, 3.05) is 13.1 Å². The van der Waals surface area contributed by atoms with Crippen molar-refractivity contribution in [3.05, 3.63) is 81.6 Å². The molecule has 1 fully saturated rings. The fourth-order valence-corrected chi connectivity index (χ4v) is 3.98. The van der Waals surface area contributed by atoms with Crippen LogP contribution in [0, 0.1) is 0 Å². The fourth-order valence-electron chi connectivity index (χ4n) is 3.98. The minimum Gasteiger partial charge on any atom is -0.366 e. The summed E-state index contributed by atoms with van der Waals surface area (Å²) in [6.45, 7) is 2.74. The van der Waals surface area contributed by atoms with Crippen molar-refractivity contribution in [3.63, 3.8) is 0 Å². The Balaban J connectivity index is 1.55. The molecule has 5 nitrogen and oxygen atoms in total. The van der Waals surface area contributed by atoms with Crippen LogP contribution in [0.4, 0.5) is 0 Å². The Labute approximate surface area is 157 Å². The van der Waals surface area contributed by atoms with E-state index in [4.69, 9.17) is 5.73 Å². The normalized spacial score (nSPS) is 17.9. The Morgan fingerprint density at radius 3 is 2.74 bits per heavy atom. The van der Waals surface area contributed by atoms with E-state index in [9.17, 15) is 9.59 Å². The first kappa shape index (κ1) is 17.5. The van der Waals surface area contributed by atoms with Crippen LogP contribution in [0.2, 0.25) is 0 Å². The molecule has 2 aromatic carbocycles. The lowest BCUT2D eigenvalue weighted by Crippen LogP contribution is -2.34. The van der Waals surface area contributed by atoms with Crippen molar-refractivity contribution in [3.8, 4) is 0 Å². The minimum atomic E-state index is -0.527. The van der Waals surface area contributed by atoms with Crippen LogP contribution in [0.5, 0.6) is 0 Å². The largest absolute Gasteiger partial charge is 0.366 e.